The van der Waals surface area contributed by atoms with Gasteiger partial charge in [-0.15, -0.1) is 0 Å². The molecule has 0 radical (unpaired) electrons. The molecule has 2 rings (SSSR count). The van der Waals surface area contributed by atoms with E-state index in [9.17, 15) is 4.79 Å². The third-order valence-electron chi connectivity index (χ3n) is 1.53. The Balaban J connectivity index is 2.61. The first-order valence-electron chi connectivity index (χ1n) is 3.79. The van der Waals surface area contributed by atoms with E-state index >= 15 is 0 Å². The molecule has 0 saturated carbocycles. The van der Waals surface area contributed by atoms with E-state index in [1.165, 1.54) is 29.3 Å². The van der Waals surface area contributed by atoms with Gasteiger partial charge in [-0.05, 0) is 22.0 Å². The Morgan fingerprint density at radius 1 is 1.36 bits per heavy atom. The topological polar surface area (TPSA) is 60.7 Å². The van der Waals surface area contributed by atoms with E-state index in [4.69, 9.17) is 0 Å². The second kappa shape index (κ2) is 3.67. The van der Waals surface area contributed by atoms with E-state index in [0.29, 0.717) is 10.4 Å². The zero-order valence-corrected chi connectivity index (χ0v) is 8.55. The van der Waals surface area contributed by atoms with Crippen molar-refractivity contribution in [3.8, 4) is 5.82 Å². The summed E-state index contributed by atoms with van der Waals surface area (Å²) in [5.74, 6) is 0.393. The largest absolute Gasteiger partial charge is 0.272 e. The highest BCUT2D eigenvalue weighted by atomic mass is 79.9. The molecule has 6 heteroatoms. The lowest BCUT2D eigenvalue weighted by molar-refractivity contribution is 0.772. The van der Waals surface area contributed by atoms with Crippen LogP contribution in [0.1, 0.15) is 0 Å². The van der Waals surface area contributed by atoms with Gasteiger partial charge in [-0.25, -0.2) is 4.98 Å². The fraction of sp³-hybridized carbons (Fsp3) is 0. The fourth-order valence-electron chi connectivity index (χ4n) is 0.965. The van der Waals surface area contributed by atoms with Crippen molar-refractivity contribution in [1.29, 1.82) is 0 Å². The maximum absolute atomic E-state index is 11.3. The first kappa shape index (κ1) is 9.01. The predicted octanol–water partition coefficient (Wildman–Crippen LogP) is 0.785. The van der Waals surface area contributed by atoms with Crippen LogP contribution < -0.4 is 5.56 Å². The molecule has 0 aliphatic carbocycles. The SMILES string of the molecule is O=c1cccnn1-c1cncc(Br)n1. The molecule has 2 aromatic heterocycles. The van der Waals surface area contributed by atoms with Crippen molar-refractivity contribution in [3.05, 3.63) is 45.7 Å². The third kappa shape index (κ3) is 1.69. The lowest BCUT2D eigenvalue weighted by Gasteiger charge is -2.00. The van der Waals surface area contributed by atoms with Crippen LogP contribution in [0.15, 0.2) is 40.1 Å². The van der Waals surface area contributed by atoms with Gasteiger partial charge in [0.2, 0.25) is 0 Å². The van der Waals surface area contributed by atoms with Crippen molar-refractivity contribution in [3.63, 3.8) is 0 Å². The lowest BCUT2D eigenvalue weighted by atomic mass is 10.5. The second-order valence-electron chi connectivity index (χ2n) is 2.47. The van der Waals surface area contributed by atoms with Crippen molar-refractivity contribution in [2.75, 3.05) is 0 Å². The van der Waals surface area contributed by atoms with Gasteiger partial charge in [-0.1, -0.05) is 0 Å². The van der Waals surface area contributed by atoms with Crippen LogP contribution in [0.2, 0.25) is 0 Å². The summed E-state index contributed by atoms with van der Waals surface area (Å²) in [7, 11) is 0. The molecular formula is C8H5BrN4O. The van der Waals surface area contributed by atoms with E-state index in [2.05, 4.69) is 31.0 Å². The normalized spacial score (nSPS) is 10.1. The molecule has 14 heavy (non-hydrogen) atoms. The van der Waals surface area contributed by atoms with Gasteiger partial charge in [0.1, 0.15) is 4.60 Å². The highest BCUT2D eigenvalue weighted by Crippen LogP contribution is 2.04. The molecule has 0 aromatic carbocycles. The molecule has 2 aromatic rings. The second-order valence-corrected chi connectivity index (χ2v) is 3.29. The summed E-state index contributed by atoms with van der Waals surface area (Å²) >= 11 is 3.17. The third-order valence-corrected chi connectivity index (χ3v) is 1.91. The van der Waals surface area contributed by atoms with Gasteiger partial charge in [-0.2, -0.15) is 9.78 Å². The fourth-order valence-corrected chi connectivity index (χ4v) is 1.26. The molecule has 5 nitrogen and oxygen atoms in total. The van der Waals surface area contributed by atoms with Crippen molar-refractivity contribution in [1.82, 2.24) is 19.7 Å². The molecule has 0 spiro atoms. The van der Waals surface area contributed by atoms with Crippen LogP contribution in [0.25, 0.3) is 5.82 Å². The maximum atomic E-state index is 11.3. The van der Waals surface area contributed by atoms with E-state index in [1.807, 2.05) is 0 Å². The Morgan fingerprint density at radius 3 is 2.93 bits per heavy atom. The molecule has 0 fully saturated rings. The molecule has 0 aliphatic rings. The average molecular weight is 253 g/mol. The molecule has 70 valence electrons. The van der Waals surface area contributed by atoms with Crippen molar-refractivity contribution < 1.29 is 0 Å². The highest BCUT2D eigenvalue weighted by Gasteiger charge is 2.01. The smallest absolute Gasteiger partial charge is 0.267 e. The maximum Gasteiger partial charge on any atom is 0.272 e. The summed E-state index contributed by atoms with van der Waals surface area (Å²) < 4.78 is 1.74. The predicted molar refractivity (Wildman–Crippen MR) is 53.1 cm³/mol. The first-order valence-corrected chi connectivity index (χ1v) is 4.59. The molecule has 0 saturated heterocycles. The van der Waals surface area contributed by atoms with Crippen LogP contribution in [0, 0.1) is 0 Å². The number of rotatable bonds is 1. The molecule has 2 heterocycles. The molecular weight excluding hydrogens is 248 g/mol. The summed E-state index contributed by atoms with van der Waals surface area (Å²) in [5, 5.41) is 3.87. The quantitative estimate of drug-likeness (QED) is 0.753. The zero-order valence-electron chi connectivity index (χ0n) is 6.96. The van der Waals surface area contributed by atoms with E-state index < -0.39 is 0 Å². The van der Waals surface area contributed by atoms with Crippen LogP contribution >= 0.6 is 15.9 Å². The Morgan fingerprint density at radius 2 is 2.21 bits per heavy atom. The van der Waals surface area contributed by atoms with Crippen LogP contribution in [-0.2, 0) is 0 Å². The zero-order chi connectivity index (χ0) is 9.97. The Bertz CT molecular complexity index is 510. The summed E-state index contributed by atoms with van der Waals surface area (Å²) in [4.78, 5) is 19.3. The molecule has 0 aliphatic heterocycles. The Kier molecular flexibility index (Phi) is 2.36. The highest BCUT2D eigenvalue weighted by molar-refractivity contribution is 9.10. The standard InChI is InChI=1S/C8H5BrN4O/c9-6-4-10-5-7(12-6)13-8(14)2-1-3-11-13/h1-5H. The average Bonchev–Trinajstić information content (AvgIpc) is 2.18. The van der Waals surface area contributed by atoms with Gasteiger partial charge in [0.05, 0.1) is 12.4 Å². The van der Waals surface area contributed by atoms with Gasteiger partial charge in [-0.3, -0.25) is 9.78 Å². The monoisotopic (exact) mass is 252 g/mol. The van der Waals surface area contributed by atoms with Crippen LogP contribution in [-0.4, -0.2) is 19.7 Å². The van der Waals surface area contributed by atoms with Gasteiger partial charge < -0.3 is 0 Å². The van der Waals surface area contributed by atoms with Gasteiger partial charge in [0.25, 0.3) is 5.56 Å². The van der Waals surface area contributed by atoms with Crippen molar-refractivity contribution in [2.24, 2.45) is 0 Å². The first-order chi connectivity index (χ1) is 6.77. The summed E-state index contributed by atoms with van der Waals surface area (Å²) in [6.07, 6.45) is 4.53. The summed E-state index contributed by atoms with van der Waals surface area (Å²) in [6.45, 7) is 0. The lowest BCUT2D eigenvalue weighted by Crippen LogP contribution is -2.20. The van der Waals surface area contributed by atoms with E-state index in [-0.39, 0.29) is 5.56 Å². The molecule has 0 amide bonds. The number of aromatic nitrogens is 4. The Hall–Kier alpha value is -1.56. The number of halogens is 1. The number of nitrogens with zero attached hydrogens (tertiary/aromatic N) is 4. The molecule has 0 atom stereocenters. The minimum Gasteiger partial charge on any atom is -0.267 e. The molecule has 0 unspecified atom stereocenters. The Labute approximate surface area is 87.6 Å². The summed E-state index contributed by atoms with van der Waals surface area (Å²) in [6, 6.07) is 2.99. The minimum atomic E-state index is -0.236. The van der Waals surface area contributed by atoms with Crippen LogP contribution in [0.4, 0.5) is 0 Å². The van der Waals surface area contributed by atoms with Gasteiger partial charge in [0, 0.05) is 12.3 Å². The molecule has 0 N–H and O–H groups in total. The molecule has 0 bridgehead atoms. The van der Waals surface area contributed by atoms with Gasteiger partial charge >= 0.3 is 0 Å². The van der Waals surface area contributed by atoms with E-state index in [1.54, 1.807) is 6.07 Å². The van der Waals surface area contributed by atoms with E-state index in [0.717, 1.165) is 0 Å². The minimum absolute atomic E-state index is 0.236. The van der Waals surface area contributed by atoms with Gasteiger partial charge in [0.15, 0.2) is 5.82 Å². The van der Waals surface area contributed by atoms with Crippen LogP contribution in [0.3, 0.4) is 0 Å². The number of hydrogen-bond donors (Lipinski definition) is 0. The summed E-state index contributed by atoms with van der Waals surface area (Å²) in [5.41, 5.74) is -0.236. The van der Waals surface area contributed by atoms with Crippen molar-refractivity contribution >= 4 is 15.9 Å². The van der Waals surface area contributed by atoms with Crippen LogP contribution in [0.5, 0.6) is 0 Å². The number of hydrogen-bond acceptors (Lipinski definition) is 4. The van der Waals surface area contributed by atoms with Crippen molar-refractivity contribution in [2.45, 2.75) is 0 Å².